The molecule has 1 fully saturated rings. The second-order valence-electron chi connectivity index (χ2n) is 3.98. The van der Waals surface area contributed by atoms with Crippen molar-refractivity contribution >= 4 is 11.6 Å². The zero-order valence-electron chi connectivity index (χ0n) is 9.20. The molecule has 0 saturated heterocycles. The summed E-state index contributed by atoms with van der Waals surface area (Å²) in [6, 6.07) is 3.11. The highest BCUT2D eigenvalue weighted by Crippen LogP contribution is 2.41. The highest BCUT2D eigenvalue weighted by Gasteiger charge is 2.21. The maximum absolute atomic E-state index is 9.77. The van der Waals surface area contributed by atoms with Crippen LogP contribution in [0, 0.1) is 0 Å². The van der Waals surface area contributed by atoms with Crippen LogP contribution in [0.2, 0.25) is 5.02 Å². The first-order valence-corrected chi connectivity index (χ1v) is 5.81. The van der Waals surface area contributed by atoms with E-state index in [9.17, 15) is 5.11 Å². The van der Waals surface area contributed by atoms with E-state index in [2.05, 4.69) is 0 Å². The van der Waals surface area contributed by atoms with Crippen molar-refractivity contribution in [2.75, 3.05) is 7.11 Å². The van der Waals surface area contributed by atoms with Gasteiger partial charge in [0.2, 0.25) is 5.75 Å². The fourth-order valence-corrected chi connectivity index (χ4v) is 2.20. The largest absolute Gasteiger partial charge is 0.504 e. The standard InChI is InChI=1S/C12H15ClO3/c1-15-11-7-8(13)6-10(14)12(11)16-9-4-2-3-5-9/h6-7,9,14H,2-5H2,1H3. The lowest BCUT2D eigenvalue weighted by atomic mass is 10.2. The monoisotopic (exact) mass is 242 g/mol. The molecule has 88 valence electrons. The second kappa shape index (κ2) is 4.83. The summed E-state index contributed by atoms with van der Waals surface area (Å²) in [5.74, 6) is 0.923. The van der Waals surface area contributed by atoms with Crippen LogP contribution in [0.4, 0.5) is 0 Å². The maximum Gasteiger partial charge on any atom is 0.203 e. The van der Waals surface area contributed by atoms with Crippen molar-refractivity contribution in [3.05, 3.63) is 17.2 Å². The molecule has 1 aliphatic carbocycles. The van der Waals surface area contributed by atoms with Gasteiger partial charge in [0.05, 0.1) is 13.2 Å². The van der Waals surface area contributed by atoms with Crippen LogP contribution in [0.25, 0.3) is 0 Å². The SMILES string of the molecule is COc1cc(Cl)cc(O)c1OC1CCCC1. The van der Waals surface area contributed by atoms with Crippen LogP contribution in [0.15, 0.2) is 12.1 Å². The Hall–Kier alpha value is -1.09. The predicted molar refractivity (Wildman–Crippen MR) is 62.6 cm³/mol. The highest BCUT2D eigenvalue weighted by molar-refractivity contribution is 6.31. The molecule has 0 aromatic heterocycles. The Labute approximate surface area is 99.9 Å². The molecule has 2 rings (SSSR count). The number of phenolic OH excluding ortho intramolecular Hbond substituents is 1. The molecule has 0 bridgehead atoms. The molecule has 0 unspecified atom stereocenters. The van der Waals surface area contributed by atoms with Gasteiger partial charge < -0.3 is 14.6 Å². The molecule has 1 aromatic carbocycles. The number of hydrogen-bond donors (Lipinski definition) is 1. The van der Waals surface area contributed by atoms with Gasteiger partial charge in [-0.2, -0.15) is 0 Å². The normalized spacial score (nSPS) is 16.4. The lowest BCUT2D eigenvalue weighted by molar-refractivity contribution is 0.192. The van der Waals surface area contributed by atoms with Crippen molar-refractivity contribution in [1.29, 1.82) is 0 Å². The molecular weight excluding hydrogens is 228 g/mol. The lowest BCUT2D eigenvalue weighted by Crippen LogP contribution is -2.11. The predicted octanol–water partition coefficient (Wildman–Crippen LogP) is 3.38. The molecule has 0 amide bonds. The first-order valence-electron chi connectivity index (χ1n) is 5.44. The average molecular weight is 243 g/mol. The number of phenols is 1. The van der Waals surface area contributed by atoms with Gasteiger partial charge >= 0.3 is 0 Å². The molecule has 4 heteroatoms. The first-order chi connectivity index (χ1) is 7.70. The molecule has 0 spiro atoms. The summed E-state index contributed by atoms with van der Waals surface area (Å²) in [4.78, 5) is 0. The van der Waals surface area contributed by atoms with Gasteiger partial charge in [-0.05, 0) is 25.7 Å². The Kier molecular flexibility index (Phi) is 3.44. The molecule has 1 saturated carbocycles. The quantitative estimate of drug-likeness (QED) is 0.883. The van der Waals surface area contributed by atoms with Gasteiger partial charge in [-0.25, -0.2) is 0 Å². The molecule has 0 atom stereocenters. The summed E-state index contributed by atoms with van der Waals surface area (Å²) in [7, 11) is 1.53. The van der Waals surface area contributed by atoms with Crippen molar-refractivity contribution in [3.63, 3.8) is 0 Å². The molecule has 1 N–H and O–H groups in total. The van der Waals surface area contributed by atoms with Crippen LogP contribution in [-0.4, -0.2) is 18.3 Å². The fraction of sp³-hybridized carbons (Fsp3) is 0.500. The summed E-state index contributed by atoms with van der Waals surface area (Å²) in [6.07, 6.45) is 4.61. The van der Waals surface area contributed by atoms with E-state index >= 15 is 0 Å². The van der Waals surface area contributed by atoms with Gasteiger partial charge in [-0.15, -0.1) is 0 Å². The summed E-state index contributed by atoms with van der Waals surface area (Å²) >= 11 is 5.82. The Bertz CT molecular complexity index is 373. The van der Waals surface area contributed by atoms with Crippen molar-refractivity contribution in [1.82, 2.24) is 0 Å². The molecule has 16 heavy (non-hydrogen) atoms. The molecule has 1 aromatic rings. The smallest absolute Gasteiger partial charge is 0.203 e. The van der Waals surface area contributed by atoms with E-state index in [4.69, 9.17) is 21.1 Å². The van der Waals surface area contributed by atoms with E-state index in [1.165, 1.54) is 26.0 Å². The molecule has 3 nitrogen and oxygen atoms in total. The average Bonchev–Trinajstić information content (AvgIpc) is 2.74. The Morgan fingerprint density at radius 2 is 2.00 bits per heavy atom. The Morgan fingerprint density at radius 3 is 2.62 bits per heavy atom. The molecular formula is C12H15ClO3. The maximum atomic E-state index is 9.77. The number of hydrogen-bond acceptors (Lipinski definition) is 3. The van der Waals surface area contributed by atoms with Crippen molar-refractivity contribution in [2.45, 2.75) is 31.8 Å². The van der Waals surface area contributed by atoms with Crippen LogP contribution in [-0.2, 0) is 0 Å². The summed E-state index contributed by atoms with van der Waals surface area (Å²) in [5, 5.41) is 10.2. The third-order valence-electron chi connectivity index (χ3n) is 2.81. The third kappa shape index (κ3) is 2.35. The molecule has 0 heterocycles. The van der Waals surface area contributed by atoms with E-state index < -0.39 is 0 Å². The van der Waals surface area contributed by atoms with Crippen molar-refractivity contribution in [3.8, 4) is 17.2 Å². The second-order valence-corrected chi connectivity index (χ2v) is 4.42. The molecule has 1 aliphatic rings. The highest BCUT2D eigenvalue weighted by atomic mass is 35.5. The van der Waals surface area contributed by atoms with Crippen LogP contribution < -0.4 is 9.47 Å². The zero-order chi connectivity index (χ0) is 11.5. The number of benzene rings is 1. The zero-order valence-corrected chi connectivity index (χ0v) is 9.96. The van der Waals surface area contributed by atoms with Crippen LogP contribution in [0.1, 0.15) is 25.7 Å². The van der Waals surface area contributed by atoms with E-state index in [0.29, 0.717) is 16.5 Å². The van der Waals surface area contributed by atoms with Gasteiger partial charge in [0.1, 0.15) is 0 Å². The number of methoxy groups -OCH3 is 1. The Morgan fingerprint density at radius 1 is 1.31 bits per heavy atom. The van der Waals surface area contributed by atoms with Gasteiger partial charge in [0, 0.05) is 17.2 Å². The first kappa shape index (κ1) is 11.4. The summed E-state index contributed by atoms with van der Waals surface area (Å²) in [5.41, 5.74) is 0. The number of aromatic hydroxyl groups is 1. The van der Waals surface area contributed by atoms with E-state index in [1.54, 1.807) is 6.07 Å². The number of halogens is 1. The Balaban J connectivity index is 2.23. The summed E-state index contributed by atoms with van der Waals surface area (Å²) < 4.78 is 10.9. The van der Waals surface area contributed by atoms with Gasteiger partial charge in [0.25, 0.3) is 0 Å². The topological polar surface area (TPSA) is 38.7 Å². The molecule has 0 aliphatic heterocycles. The van der Waals surface area contributed by atoms with Crippen LogP contribution >= 0.6 is 11.6 Å². The van der Waals surface area contributed by atoms with Gasteiger partial charge in [0.15, 0.2) is 11.5 Å². The van der Waals surface area contributed by atoms with Gasteiger partial charge in [-0.1, -0.05) is 11.6 Å². The fourth-order valence-electron chi connectivity index (χ4n) is 2.00. The lowest BCUT2D eigenvalue weighted by Gasteiger charge is -2.17. The van der Waals surface area contributed by atoms with E-state index in [1.807, 2.05) is 0 Å². The van der Waals surface area contributed by atoms with E-state index in [0.717, 1.165) is 12.8 Å². The number of ether oxygens (including phenoxy) is 2. The minimum absolute atomic E-state index is 0.0382. The van der Waals surface area contributed by atoms with E-state index in [-0.39, 0.29) is 11.9 Å². The van der Waals surface area contributed by atoms with Crippen LogP contribution in [0.3, 0.4) is 0 Å². The number of rotatable bonds is 3. The minimum atomic E-state index is 0.0382. The third-order valence-corrected chi connectivity index (χ3v) is 3.02. The van der Waals surface area contributed by atoms with Crippen molar-refractivity contribution in [2.24, 2.45) is 0 Å². The summed E-state index contributed by atoms with van der Waals surface area (Å²) in [6.45, 7) is 0. The van der Waals surface area contributed by atoms with Gasteiger partial charge in [-0.3, -0.25) is 0 Å². The van der Waals surface area contributed by atoms with Crippen molar-refractivity contribution < 1.29 is 14.6 Å². The molecule has 0 radical (unpaired) electrons. The minimum Gasteiger partial charge on any atom is -0.504 e. The van der Waals surface area contributed by atoms with Crippen LogP contribution in [0.5, 0.6) is 17.2 Å².